The quantitative estimate of drug-likeness (QED) is 0.409. The third-order valence-corrected chi connectivity index (χ3v) is 4.49. The van der Waals surface area contributed by atoms with Gasteiger partial charge in [0.2, 0.25) is 0 Å². The SMILES string of the molecule is Cc1ccc(-n2c(-c3ccc([N+](=O)[O-])cc3)cc3c(O)cccc32)cc1. The summed E-state index contributed by atoms with van der Waals surface area (Å²) in [6.07, 6.45) is 0. The summed E-state index contributed by atoms with van der Waals surface area (Å²) in [5.74, 6) is 0.205. The number of nitro groups is 1. The van der Waals surface area contributed by atoms with Crippen LogP contribution in [-0.4, -0.2) is 14.6 Å². The first kappa shape index (κ1) is 15.9. The Morgan fingerprint density at radius 1 is 0.962 bits per heavy atom. The van der Waals surface area contributed by atoms with E-state index in [9.17, 15) is 15.2 Å². The van der Waals surface area contributed by atoms with Crippen LogP contribution < -0.4 is 0 Å². The van der Waals surface area contributed by atoms with E-state index in [1.165, 1.54) is 12.1 Å². The van der Waals surface area contributed by atoms with Gasteiger partial charge in [-0.2, -0.15) is 0 Å². The largest absolute Gasteiger partial charge is 0.507 e. The summed E-state index contributed by atoms with van der Waals surface area (Å²) < 4.78 is 2.05. The van der Waals surface area contributed by atoms with Crippen molar-refractivity contribution in [2.24, 2.45) is 0 Å². The van der Waals surface area contributed by atoms with E-state index in [0.29, 0.717) is 0 Å². The Bertz CT molecular complexity index is 1110. The smallest absolute Gasteiger partial charge is 0.269 e. The molecule has 26 heavy (non-hydrogen) atoms. The molecule has 0 unspecified atom stereocenters. The minimum atomic E-state index is -0.412. The summed E-state index contributed by atoms with van der Waals surface area (Å²) in [5.41, 5.74) is 4.75. The fourth-order valence-electron chi connectivity index (χ4n) is 3.15. The van der Waals surface area contributed by atoms with E-state index >= 15 is 0 Å². The molecule has 5 nitrogen and oxygen atoms in total. The summed E-state index contributed by atoms with van der Waals surface area (Å²) in [7, 11) is 0. The molecule has 0 spiro atoms. The van der Waals surface area contributed by atoms with Crippen LogP contribution in [0, 0.1) is 17.0 Å². The van der Waals surface area contributed by atoms with E-state index in [-0.39, 0.29) is 11.4 Å². The number of nitrogens with zero attached hydrogens (tertiary/aromatic N) is 2. The number of hydrogen-bond acceptors (Lipinski definition) is 3. The second-order valence-electron chi connectivity index (χ2n) is 6.21. The molecule has 4 aromatic rings. The number of phenols is 1. The van der Waals surface area contributed by atoms with Gasteiger partial charge in [0.25, 0.3) is 5.69 Å². The first-order valence-electron chi connectivity index (χ1n) is 8.20. The van der Waals surface area contributed by atoms with Crippen LogP contribution in [0.15, 0.2) is 72.8 Å². The van der Waals surface area contributed by atoms with Gasteiger partial charge in [-0.15, -0.1) is 0 Å². The van der Waals surface area contributed by atoms with Gasteiger partial charge in [-0.3, -0.25) is 10.1 Å². The summed E-state index contributed by atoms with van der Waals surface area (Å²) in [5, 5.41) is 21.9. The lowest BCUT2D eigenvalue weighted by atomic mass is 10.1. The molecule has 128 valence electrons. The molecule has 0 atom stereocenters. The van der Waals surface area contributed by atoms with E-state index in [1.807, 2.05) is 49.4 Å². The Hall–Kier alpha value is -3.60. The number of aromatic nitrogens is 1. The van der Waals surface area contributed by atoms with Crippen LogP contribution in [0.4, 0.5) is 5.69 Å². The fourth-order valence-corrected chi connectivity index (χ4v) is 3.15. The zero-order valence-electron chi connectivity index (χ0n) is 14.1. The molecule has 0 radical (unpaired) electrons. The van der Waals surface area contributed by atoms with Gasteiger partial charge in [0, 0.05) is 23.2 Å². The van der Waals surface area contributed by atoms with E-state index in [4.69, 9.17) is 0 Å². The minimum absolute atomic E-state index is 0.0506. The molecule has 0 saturated carbocycles. The topological polar surface area (TPSA) is 68.3 Å². The molecule has 4 rings (SSSR count). The average molecular weight is 344 g/mol. The standard InChI is InChI=1S/C21H16N2O3/c1-14-5-9-16(10-6-14)22-19-3-2-4-21(24)18(19)13-20(22)15-7-11-17(12-8-15)23(25)26/h2-13,24H,1H3. The molecule has 0 aliphatic carbocycles. The number of rotatable bonds is 3. The fraction of sp³-hybridized carbons (Fsp3) is 0.0476. The zero-order valence-corrected chi connectivity index (χ0v) is 14.1. The number of aromatic hydroxyl groups is 1. The number of aryl methyl sites for hydroxylation is 1. The molecule has 1 aromatic heterocycles. The van der Waals surface area contributed by atoms with Crippen molar-refractivity contribution < 1.29 is 10.0 Å². The van der Waals surface area contributed by atoms with Gasteiger partial charge in [0.15, 0.2) is 0 Å². The first-order chi connectivity index (χ1) is 12.5. The highest BCUT2D eigenvalue weighted by Gasteiger charge is 2.15. The van der Waals surface area contributed by atoms with Crippen molar-refractivity contribution in [3.8, 4) is 22.7 Å². The molecule has 0 aliphatic heterocycles. The molecule has 3 aromatic carbocycles. The van der Waals surface area contributed by atoms with Crippen LogP contribution in [-0.2, 0) is 0 Å². The van der Waals surface area contributed by atoms with E-state index in [1.54, 1.807) is 18.2 Å². The highest BCUT2D eigenvalue weighted by atomic mass is 16.6. The molecule has 5 heteroatoms. The Kier molecular flexibility index (Phi) is 3.69. The predicted molar refractivity (Wildman–Crippen MR) is 102 cm³/mol. The maximum absolute atomic E-state index is 10.9. The summed E-state index contributed by atoms with van der Waals surface area (Å²) >= 11 is 0. The molecule has 0 saturated heterocycles. The van der Waals surface area contributed by atoms with Crippen LogP contribution >= 0.6 is 0 Å². The summed E-state index contributed by atoms with van der Waals surface area (Å²) in [4.78, 5) is 10.5. The molecule has 0 fully saturated rings. The molecular formula is C21H16N2O3. The molecule has 0 amide bonds. The first-order valence-corrected chi connectivity index (χ1v) is 8.20. The van der Waals surface area contributed by atoms with Crippen molar-refractivity contribution in [2.75, 3.05) is 0 Å². The van der Waals surface area contributed by atoms with Gasteiger partial charge in [0.05, 0.1) is 16.1 Å². The van der Waals surface area contributed by atoms with Crippen molar-refractivity contribution in [1.82, 2.24) is 4.57 Å². The molecule has 0 bridgehead atoms. The lowest BCUT2D eigenvalue weighted by Gasteiger charge is -2.11. The van der Waals surface area contributed by atoms with Gasteiger partial charge in [-0.25, -0.2) is 0 Å². The van der Waals surface area contributed by atoms with Gasteiger partial charge in [-0.1, -0.05) is 23.8 Å². The van der Waals surface area contributed by atoms with E-state index in [2.05, 4.69) is 4.57 Å². The van der Waals surface area contributed by atoms with Crippen LogP contribution in [0.3, 0.4) is 0 Å². The highest BCUT2D eigenvalue weighted by molar-refractivity contribution is 5.93. The van der Waals surface area contributed by atoms with Gasteiger partial charge in [0.1, 0.15) is 5.75 Å². The Labute approximate surface area is 149 Å². The Morgan fingerprint density at radius 2 is 1.65 bits per heavy atom. The van der Waals surface area contributed by atoms with Gasteiger partial charge >= 0.3 is 0 Å². The van der Waals surface area contributed by atoms with Crippen LogP contribution in [0.25, 0.3) is 27.8 Å². The number of benzene rings is 3. The van der Waals surface area contributed by atoms with E-state index in [0.717, 1.165) is 33.4 Å². The van der Waals surface area contributed by atoms with Crippen molar-refractivity contribution in [2.45, 2.75) is 6.92 Å². The number of non-ortho nitro benzene ring substituents is 1. The molecular weight excluding hydrogens is 328 g/mol. The number of hydrogen-bond donors (Lipinski definition) is 1. The van der Waals surface area contributed by atoms with Crippen molar-refractivity contribution in [3.63, 3.8) is 0 Å². The molecule has 1 N–H and O–H groups in total. The Morgan fingerprint density at radius 3 is 2.31 bits per heavy atom. The van der Waals surface area contributed by atoms with Gasteiger partial charge < -0.3 is 9.67 Å². The lowest BCUT2D eigenvalue weighted by molar-refractivity contribution is -0.384. The van der Waals surface area contributed by atoms with Crippen LogP contribution in [0.5, 0.6) is 5.75 Å². The van der Waals surface area contributed by atoms with Crippen molar-refractivity contribution in [3.05, 3.63) is 88.5 Å². The zero-order chi connectivity index (χ0) is 18.3. The minimum Gasteiger partial charge on any atom is -0.507 e. The second kappa shape index (κ2) is 6.04. The van der Waals surface area contributed by atoms with Crippen LogP contribution in [0.1, 0.15) is 5.56 Å². The summed E-state index contributed by atoms with van der Waals surface area (Å²) in [6, 6.07) is 21.9. The lowest BCUT2D eigenvalue weighted by Crippen LogP contribution is -1.97. The number of nitro benzene ring substituents is 1. The van der Waals surface area contributed by atoms with Crippen LogP contribution in [0.2, 0.25) is 0 Å². The molecule has 1 heterocycles. The average Bonchev–Trinajstić information content (AvgIpc) is 3.03. The van der Waals surface area contributed by atoms with E-state index < -0.39 is 4.92 Å². The Balaban J connectivity index is 1.99. The monoisotopic (exact) mass is 344 g/mol. The molecule has 0 aliphatic rings. The van der Waals surface area contributed by atoms with Crippen molar-refractivity contribution in [1.29, 1.82) is 0 Å². The second-order valence-corrected chi connectivity index (χ2v) is 6.21. The summed E-state index contributed by atoms with van der Waals surface area (Å²) in [6.45, 7) is 2.03. The number of phenolic OH excluding ortho intramolecular Hbond substituents is 1. The number of fused-ring (bicyclic) bond motifs is 1. The normalized spacial score (nSPS) is 11.0. The third kappa shape index (κ3) is 2.59. The van der Waals surface area contributed by atoms with Crippen molar-refractivity contribution >= 4 is 16.6 Å². The van der Waals surface area contributed by atoms with Gasteiger partial charge in [-0.05, 0) is 55.0 Å². The maximum Gasteiger partial charge on any atom is 0.269 e. The maximum atomic E-state index is 10.9. The highest BCUT2D eigenvalue weighted by Crippen LogP contribution is 2.36. The third-order valence-electron chi connectivity index (χ3n) is 4.49. The predicted octanol–water partition coefficient (Wildman–Crippen LogP) is 5.22.